The molecule has 0 radical (unpaired) electrons. The summed E-state index contributed by atoms with van der Waals surface area (Å²) in [5, 5.41) is 0. The van der Waals surface area contributed by atoms with Gasteiger partial charge >= 0.3 is 0 Å². The Morgan fingerprint density at radius 3 is 2.67 bits per heavy atom. The lowest BCUT2D eigenvalue weighted by Gasteiger charge is -2.33. The summed E-state index contributed by atoms with van der Waals surface area (Å²) in [6, 6.07) is 9.26. The third kappa shape index (κ3) is 4.28. The molecule has 0 aliphatic carbocycles. The van der Waals surface area contributed by atoms with E-state index in [4.69, 9.17) is 5.73 Å². The molecule has 1 aliphatic heterocycles. The number of carbonyl (C=O) groups excluding carboxylic acids is 1. The van der Waals surface area contributed by atoms with E-state index < -0.39 is 9.84 Å². The second-order valence-electron chi connectivity index (χ2n) is 5.61. The van der Waals surface area contributed by atoms with Crippen LogP contribution in [0.5, 0.6) is 0 Å². The number of benzene rings is 1. The van der Waals surface area contributed by atoms with Crippen molar-refractivity contribution < 1.29 is 13.2 Å². The molecule has 5 nitrogen and oxygen atoms in total. The Morgan fingerprint density at radius 2 is 2.05 bits per heavy atom. The Balaban J connectivity index is 1.88. The van der Waals surface area contributed by atoms with E-state index in [2.05, 4.69) is 0 Å². The minimum absolute atomic E-state index is 0.0104. The second kappa shape index (κ2) is 6.58. The van der Waals surface area contributed by atoms with E-state index in [-0.39, 0.29) is 29.5 Å². The summed E-state index contributed by atoms with van der Waals surface area (Å²) in [5.74, 6) is 0.112. The molecule has 1 aromatic rings. The van der Waals surface area contributed by atoms with Gasteiger partial charge in [-0.2, -0.15) is 0 Å². The highest BCUT2D eigenvalue weighted by atomic mass is 32.2. The zero-order valence-corrected chi connectivity index (χ0v) is 13.1. The smallest absolute Gasteiger partial charge is 0.222 e. The van der Waals surface area contributed by atoms with E-state index in [1.54, 1.807) is 11.8 Å². The van der Waals surface area contributed by atoms with Crippen molar-refractivity contribution in [3.8, 4) is 0 Å². The number of carbonyl (C=O) groups is 1. The molecule has 6 heteroatoms. The molecule has 0 spiro atoms. The van der Waals surface area contributed by atoms with Crippen molar-refractivity contribution in [1.29, 1.82) is 0 Å². The Morgan fingerprint density at radius 1 is 1.38 bits per heavy atom. The lowest BCUT2D eigenvalue weighted by Crippen LogP contribution is -2.49. The molecule has 21 heavy (non-hydrogen) atoms. The molecule has 2 atom stereocenters. The van der Waals surface area contributed by atoms with E-state index in [0.717, 1.165) is 5.56 Å². The highest BCUT2D eigenvalue weighted by Crippen LogP contribution is 2.18. The minimum Gasteiger partial charge on any atom is -0.338 e. The van der Waals surface area contributed by atoms with Crippen molar-refractivity contribution in [3.63, 3.8) is 0 Å². The Kier molecular flexibility index (Phi) is 5.00. The maximum absolute atomic E-state index is 12.2. The maximum Gasteiger partial charge on any atom is 0.222 e. The van der Waals surface area contributed by atoms with Crippen LogP contribution in [0.25, 0.3) is 0 Å². The number of nitrogens with two attached hydrogens (primary N) is 1. The fraction of sp³-hybridized carbons (Fsp3) is 0.533. The van der Waals surface area contributed by atoms with Crippen LogP contribution in [0, 0.1) is 0 Å². The van der Waals surface area contributed by atoms with E-state index in [1.807, 2.05) is 30.3 Å². The molecule has 1 fully saturated rings. The summed E-state index contributed by atoms with van der Waals surface area (Å²) < 4.78 is 23.0. The van der Waals surface area contributed by atoms with Crippen molar-refractivity contribution in [2.45, 2.75) is 31.8 Å². The number of hydrogen-bond acceptors (Lipinski definition) is 4. The molecule has 0 saturated carbocycles. The molecule has 1 amide bonds. The maximum atomic E-state index is 12.2. The number of nitrogens with zero attached hydrogens (tertiary/aromatic N) is 1. The van der Waals surface area contributed by atoms with Crippen LogP contribution in [0.4, 0.5) is 0 Å². The average molecular weight is 310 g/mol. The molecule has 0 aromatic heterocycles. The van der Waals surface area contributed by atoms with Crippen LogP contribution in [0.2, 0.25) is 0 Å². The van der Waals surface area contributed by atoms with Crippen LogP contribution in [-0.2, 0) is 14.6 Å². The van der Waals surface area contributed by atoms with Gasteiger partial charge in [0, 0.05) is 25.0 Å². The second-order valence-corrected chi connectivity index (χ2v) is 7.84. The van der Waals surface area contributed by atoms with Crippen LogP contribution >= 0.6 is 0 Å². The molecule has 2 rings (SSSR count). The Hall–Kier alpha value is -1.40. The van der Waals surface area contributed by atoms with Crippen LogP contribution in [0.1, 0.15) is 31.4 Å². The summed E-state index contributed by atoms with van der Waals surface area (Å²) >= 11 is 0. The highest BCUT2D eigenvalue weighted by molar-refractivity contribution is 7.91. The largest absolute Gasteiger partial charge is 0.338 e. The van der Waals surface area contributed by atoms with Gasteiger partial charge in [0.25, 0.3) is 0 Å². The van der Waals surface area contributed by atoms with Crippen molar-refractivity contribution in [3.05, 3.63) is 35.9 Å². The standard InChI is InChI=1S/C15H22N2O3S/c1-12-11-21(19,20)10-9-17(12)15(18)8-7-14(16)13-5-3-2-4-6-13/h2-6,12,14H,7-11,16H2,1H3. The fourth-order valence-corrected chi connectivity index (χ4v) is 4.22. The summed E-state index contributed by atoms with van der Waals surface area (Å²) in [6.07, 6.45) is 0.916. The first-order valence-corrected chi connectivity index (χ1v) is 9.01. The first-order chi connectivity index (χ1) is 9.89. The van der Waals surface area contributed by atoms with E-state index >= 15 is 0 Å². The van der Waals surface area contributed by atoms with E-state index in [1.165, 1.54) is 0 Å². The van der Waals surface area contributed by atoms with Crippen molar-refractivity contribution in [2.24, 2.45) is 5.73 Å². The third-order valence-electron chi connectivity index (χ3n) is 3.89. The van der Waals surface area contributed by atoms with E-state index in [0.29, 0.717) is 19.4 Å². The topological polar surface area (TPSA) is 80.5 Å². The molecule has 1 heterocycles. The van der Waals surface area contributed by atoms with Gasteiger partial charge in [-0.15, -0.1) is 0 Å². The van der Waals surface area contributed by atoms with Gasteiger partial charge in [0.05, 0.1) is 11.5 Å². The van der Waals surface area contributed by atoms with Crippen LogP contribution in [0.15, 0.2) is 30.3 Å². The number of rotatable bonds is 4. The van der Waals surface area contributed by atoms with E-state index in [9.17, 15) is 13.2 Å². The van der Waals surface area contributed by atoms with Crippen molar-refractivity contribution in [1.82, 2.24) is 4.90 Å². The quantitative estimate of drug-likeness (QED) is 0.903. The average Bonchev–Trinajstić information content (AvgIpc) is 2.44. The molecule has 1 saturated heterocycles. The molecule has 0 bridgehead atoms. The predicted octanol–water partition coefficient (Wildman–Crippen LogP) is 1.11. The van der Waals surface area contributed by atoms with Gasteiger partial charge < -0.3 is 10.6 Å². The van der Waals surface area contributed by atoms with Crippen LogP contribution in [-0.4, -0.2) is 43.3 Å². The monoisotopic (exact) mass is 310 g/mol. The SMILES string of the molecule is CC1CS(=O)(=O)CCN1C(=O)CCC(N)c1ccccc1. The molecule has 1 aromatic carbocycles. The number of amides is 1. The molecule has 2 unspecified atom stereocenters. The minimum atomic E-state index is -2.99. The van der Waals surface area contributed by atoms with Crippen molar-refractivity contribution >= 4 is 15.7 Å². The predicted molar refractivity (Wildman–Crippen MR) is 82.4 cm³/mol. The molecular weight excluding hydrogens is 288 g/mol. The molecule has 116 valence electrons. The third-order valence-corrected chi connectivity index (χ3v) is 5.68. The Bertz CT molecular complexity index is 586. The lowest BCUT2D eigenvalue weighted by atomic mass is 10.0. The zero-order chi connectivity index (χ0) is 15.5. The van der Waals surface area contributed by atoms with Gasteiger partial charge in [0.15, 0.2) is 9.84 Å². The normalized spacial score (nSPS) is 22.8. The highest BCUT2D eigenvalue weighted by Gasteiger charge is 2.30. The first kappa shape index (κ1) is 16.0. The fourth-order valence-electron chi connectivity index (χ4n) is 2.66. The summed E-state index contributed by atoms with van der Waals surface area (Å²) in [4.78, 5) is 13.9. The summed E-state index contributed by atoms with van der Waals surface area (Å²) in [6.45, 7) is 2.08. The van der Waals surface area contributed by atoms with Gasteiger partial charge in [-0.25, -0.2) is 8.42 Å². The first-order valence-electron chi connectivity index (χ1n) is 7.19. The lowest BCUT2D eigenvalue weighted by molar-refractivity contribution is -0.132. The summed E-state index contributed by atoms with van der Waals surface area (Å²) in [5.41, 5.74) is 7.10. The summed E-state index contributed by atoms with van der Waals surface area (Å²) in [7, 11) is -2.99. The zero-order valence-electron chi connectivity index (χ0n) is 12.2. The van der Waals surface area contributed by atoms with Crippen molar-refractivity contribution in [2.75, 3.05) is 18.1 Å². The number of sulfone groups is 1. The molecular formula is C15H22N2O3S. The van der Waals surface area contributed by atoms with Gasteiger partial charge in [0.2, 0.25) is 5.91 Å². The number of hydrogen-bond donors (Lipinski definition) is 1. The van der Waals surface area contributed by atoms with Gasteiger partial charge in [0.1, 0.15) is 0 Å². The van der Waals surface area contributed by atoms with Gasteiger partial charge in [-0.1, -0.05) is 30.3 Å². The van der Waals surface area contributed by atoms with Gasteiger partial charge in [-0.3, -0.25) is 4.79 Å². The van der Waals surface area contributed by atoms with Crippen LogP contribution in [0.3, 0.4) is 0 Å². The van der Waals surface area contributed by atoms with Gasteiger partial charge in [-0.05, 0) is 18.9 Å². The molecule has 2 N–H and O–H groups in total. The van der Waals surface area contributed by atoms with Crippen LogP contribution < -0.4 is 5.73 Å². The Labute approximate surface area is 126 Å². The molecule has 1 aliphatic rings.